The first-order valence-corrected chi connectivity index (χ1v) is 7.19. The standard InChI is InChI=1S/C15H14Br2/c1-12(13-8-4-2-5-9-13)15(16,17)14-10-6-3-7-11-14/h2-12H,1H3. The number of rotatable bonds is 3. The highest BCUT2D eigenvalue weighted by Crippen LogP contribution is 2.49. The first-order chi connectivity index (χ1) is 8.12. The molecule has 0 bridgehead atoms. The average Bonchev–Trinajstić information content (AvgIpc) is 2.40. The summed E-state index contributed by atoms with van der Waals surface area (Å²) >= 11 is 7.62. The van der Waals surface area contributed by atoms with Crippen molar-refractivity contribution in [1.82, 2.24) is 0 Å². The van der Waals surface area contributed by atoms with E-state index in [0.717, 1.165) is 0 Å². The van der Waals surface area contributed by atoms with Crippen LogP contribution in [0.4, 0.5) is 0 Å². The van der Waals surface area contributed by atoms with Crippen molar-refractivity contribution in [3.63, 3.8) is 0 Å². The molecule has 0 N–H and O–H groups in total. The van der Waals surface area contributed by atoms with Crippen LogP contribution in [0, 0.1) is 0 Å². The predicted octanol–water partition coefficient (Wildman–Crippen LogP) is 5.43. The lowest BCUT2D eigenvalue weighted by Gasteiger charge is -2.28. The molecule has 1 atom stereocenters. The van der Waals surface area contributed by atoms with Crippen molar-refractivity contribution in [2.75, 3.05) is 0 Å². The second-order valence-electron chi connectivity index (χ2n) is 4.12. The van der Waals surface area contributed by atoms with Crippen LogP contribution in [-0.2, 0) is 3.23 Å². The molecule has 0 saturated carbocycles. The Morgan fingerprint density at radius 1 is 0.824 bits per heavy atom. The van der Waals surface area contributed by atoms with Crippen molar-refractivity contribution >= 4 is 31.9 Å². The minimum atomic E-state index is -0.220. The van der Waals surface area contributed by atoms with Crippen LogP contribution >= 0.6 is 31.9 Å². The molecule has 2 rings (SSSR count). The van der Waals surface area contributed by atoms with E-state index in [1.807, 2.05) is 12.1 Å². The summed E-state index contributed by atoms with van der Waals surface area (Å²) in [6, 6.07) is 20.9. The van der Waals surface area contributed by atoms with Gasteiger partial charge in [-0.1, -0.05) is 99.4 Å². The van der Waals surface area contributed by atoms with Gasteiger partial charge in [-0.15, -0.1) is 0 Å². The summed E-state index contributed by atoms with van der Waals surface area (Å²) in [5, 5.41) is 0. The zero-order chi connectivity index (χ0) is 12.3. The van der Waals surface area contributed by atoms with E-state index in [2.05, 4.69) is 87.3 Å². The smallest absolute Gasteiger partial charge is 0.0668 e. The maximum absolute atomic E-state index is 3.81. The van der Waals surface area contributed by atoms with Crippen LogP contribution in [0.1, 0.15) is 24.0 Å². The summed E-state index contributed by atoms with van der Waals surface area (Å²) < 4.78 is -0.220. The molecule has 0 amide bonds. The molecule has 17 heavy (non-hydrogen) atoms. The summed E-state index contributed by atoms with van der Waals surface area (Å²) in [6.07, 6.45) is 0. The van der Waals surface area contributed by atoms with Crippen molar-refractivity contribution < 1.29 is 0 Å². The lowest BCUT2D eigenvalue weighted by atomic mass is 9.93. The Morgan fingerprint density at radius 3 is 1.82 bits per heavy atom. The molecule has 0 fully saturated rings. The van der Waals surface area contributed by atoms with Gasteiger partial charge < -0.3 is 0 Å². The van der Waals surface area contributed by atoms with Crippen LogP contribution in [0.25, 0.3) is 0 Å². The highest BCUT2D eigenvalue weighted by molar-refractivity contribution is 9.24. The lowest BCUT2D eigenvalue weighted by Crippen LogP contribution is -2.17. The SMILES string of the molecule is CC(c1ccccc1)C(Br)(Br)c1ccccc1. The largest absolute Gasteiger partial charge is 0.112 e. The van der Waals surface area contributed by atoms with Gasteiger partial charge in [-0.05, 0) is 11.1 Å². The summed E-state index contributed by atoms with van der Waals surface area (Å²) in [7, 11) is 0. The fraction of sp³-hybridized carbons (Fsp3) is 0.200. The summed E-state index contributed by atoms with van der Waals surface area (Å²) in [5.74, 6) is 0.339. The summed E-state index contributed by atoms with van der Waals surface area (Å²) in [6.45, 7) is 2.21. The molecule has 0 aromatic heterocycles. The first-order valence-electron chi connectivity index (χ1n) is 5.60. The predicted molar refractivity (Wildman–Crippen MR) is 80.8 cm³/mol. The van der Waals surface area contributed by atoms with Crippen LogP contribution in [-0.4, -0.2) is 0 Å². The lowest BCUT2D eigenvalue weighted by molar-refractivity contribution is 0.716. The van der Waals surface area contributed by atoms with Crippen LogP contribution < -0.4 is 0 Å². The van der Waals surface area contributed by atoms with Gasteiger partial charge >= 0.3 is 0 Å². The van der Waals surface area contributed by atoms with E-state index in [1.165, 1.54) is 11.1 Å². The van der Waals surface area contributed by atoms with Crippen LogP contribution in [0.15, 0.2) is 60.7 Å². The Labute approximate surface area is 119 Å². The fourth-order valence-corrected chi connectivity index (χ4v) is 2.92. The summed E-state index contributed by atoms with van der Waals surface area (Å²) in [4.78, 5) is 0. The molecule has 0 aliphatic heterocycles. The van der Waals surface area contributed by atoms with Gasteiger partial charge in [0.2, 0.25) is 0 Å². The number of hydrogen-bond acceptors (Lipinski definition) is 0. The van der Waals surface area contributed by atoms with E-state index in [1.54, 1.807) is 0 Å². The zero-order valence-electron chi connectivity index (χ0n) is 9.61. The molecule has 1 unspecified atom stereocenters. The van der Waals surface area contributed by atoms with Crippen LogP contribution in [0.2, 0.25) is 0 Å². The van der Waals surface area contributed by atoms with Gasteiger partial charge in [0.05, 0.1) is 0 Å². The van der Waals surface area contributed by atoms with E-state index in [0.29, 0.717) is 5.92 Å². The van der Waals surface area contributed by atoms with E-state index < -0.39 is 0 Å². The number of alkyl halides is 2. The third-order valence-corrected chi connectivity index (χ3v) is 5.29. The van der Waals surface area contributed by atoms with Crippen LogP contribution in [0.5, 0.6) is 0 Å². The van der Waals surface area contributed by atoms with Gasteiger partial charge in [0.1, 0.15) is 3.23 Å². The van der Waals surface area contributed by atoms with Crippen molar-refractivity contribution in [3.05, 3.63) is 71.8 Å². The third kappa shape index (κ3) is 2.80. The third-order valence-electron chi connectivity index (χ3n) is 3.00. The Bertz CT molecular complexity index is 463. The fourth-order valence-electron chi connectivity index (χ4n) is 1.86. The summed E-state index contributed by atoms with van der Waals surface area (Å²) in [5.41, 5.74) is 2.54. The molecular weight excluding hydrogens is 340 g/mol. The van der Waals surface area contributed by atoms with E-state index in [-0.39, 0.29) is 3.23 Å². The molecule has 0 heterocycles. The number of hydrogen-bond donors (Lipinski definition) is 0. The number of benzene rings is 2. The molecular formula is C15H14Br2. The van der Waals surface area contributed by atoms with Gasteiger partial charge in [-0.2, -0.15) is 0 Å². The zero-order valence-corrected chi connectivity index (χ0v) is 12.8. The molecule has 88 valence electrons. The van der Waals surface area contributed by atoms with Gasteiger partial charge in [0.25, 0.3) is 0 Å². The van der Waals surface area contributed by atoms with Crippen molar-refractivity contribution in [2.24, 2.45) is 0 Å². The quantitative estimate of drug-likeness (QED) is 0.645. The van der Waals surface area contributed by atoms with Gasteiger partial charge in [0, 0.05) is 5.92 Å². The second-order valence-corrected chi connectivity index (χ2v) is 7.69. The van der Waals surface area contributed by atoms with E-state index in [9.17, 15) is 0 Å². The van der Waals surface area contributed by atoms with Crippen molar-refractivity contribution in [3.8, 4) is 0 Å². The maximum Gasteiger partial charge on any atom is 0.112 e. The minimum Gasteiger partial charge on any atom is -0.0668 e. The Kier molecular flexibility index (Phi) is 4.05. The second kappa shape index (κ2) is 5.36. The molecule has 0 aliphatic carbocycles. The Balaban J connectivity index is 2.33. The molecule has 0 saturated heterocycles. The molecule has 0 nitrogen and oxygen atoms in total. The monoisotopic (exact) mass is 352 g/mol. The average molecular weight is 354 g/mol. The molecule has 2 aromatic carbocycles. The van der Waals surface area contributed by atoms with Gasteiger partial charge in [-0.3, -0.25) is 0 Å². The highest BCUT2D eigenvalue weighted by atomic mass is 79.9. The Hall–Kier alpha value is -0.600. The highest BCUT2D eigenvalue weighted by Gasteiger charge is 2.33. The number of halogens is 2. The van der Waals surface area contributed by atoms with Gasteiger partial charge in [0.15, 0.2) is 0 Å². The van der Waals surface area contributed by atoms with Crippen molar-refractivity contribution in [1.29, 1.82) is 0 Å². The molecule has 0 spiro atoms. The molecule has 0 aliphatic rings. The first kappa shape index (κ1) is 12.8. The molecule has 2 heteroatoms. The van der Waals surface area contributed by atoms with Crippen molar-refractivity contribution in [2.45, 2.75) is 16.1 Å². The minimum absolute atomic E-state index is 0.220. The maximum atomic E-state index is 3.81. The van der Waals surface area contributed by atoms with Gasteiger partial charge in [-0.25, -0.2) is 0 Å². The molecule has 2 aromatic rings. The van der Waals surface area contributed by atoms with E-state index in [4.69, 9.17) is 0 Å². The topological polar surface area (TPSA) is 0 Å². The normalized spacial score (nSPS) is 13.4. The molecule has 0 radical (unpaired) electrons. The van der Waals surface area contributed by atoms with Crippen LogP contribution in [0.3, 0.4) is 0 Å². The van der Waals surface area contributed by atoms with E-state index >= 15 is 0 Å². The Morgan fingerprint density at radius 2 is 1.29 bits per heavy atom.